The third-order valence-corrected chi connectivity index (χ3v) is 3.96. The molecule has 1 heterocycles. The van der Waals surface area contributed by atoms with Crippen molar-refractivity contribution in [3.8, 4) is 34.6 Å². The molecule has 120 valence electrons. The quantitative estimate of drug-likeness (QED) is 0.778. The molecule has 0 atom stereocenters. The Hall–Kier alpha value is -2.59. The lowest BCUT2D eigenvalue weighted by atomic mass is 10.1. The van der Waals surface area contributed by atoms with Crippen LogP contribution in [0.3, 0.4) is 0 Å². The first-order chi connectivity index (χ1) is 11.1. The maximum Gasteiger partial charge on any atom is 0.355 e. The molecular weight excluding hydrogens is 318 g/mol. The van der Waals surface area contributed by atoms with Gasteiger partial charge in [-0.15, -0.1) is 11.8 Å². The van der Waals surface area contributed by atoms with E-state index in [-0.39, 0.29) is 5.56 Å². The van der Waals surface area contributed by atoms with Crippen molar-refractivity contribution in [1.82, 2.24) is 0 Å². The third kappa shape index (κ3) is 3.12. The monoisotopic (exact) mass is 333 g/mol. The molecule has 0 spiro atoms. The van der Waals surface area contributed by atoms with Gasteiger partial charge >= 0.3 is 5.63 Å². The van der Waals surface area contributed by atoms with Crippen LogP contribution in [0.25, 0.3) is 11.3 Å². The van der Waals surface area contributed by atoms with E-state index in [4.69, 9.17) is 23.9 Å². The van der Waals surface area contributed by atoms with Crippen molar-refractivity contribution in [1.29, 1.82) is 5.26 Å². The summed E-state index contributed by atoms with van der Waals surface area (Å²) in [5.41, 5.74) is -0.104. The molecule has 6 nitrogen and oxygen atoms in total. The van der Waals surface area contributed by atoms with Crippen molar-refractivity contribution in [3.05, 3.63) is 34.2 Å². The van der Waals surface area contributed by atoms with E-state index < -0.39 is 5.63 Å². The van der Waals surface area contributed by atoms with Crippen LogP contribution in [-0.2, 0) is 0 Å². The van der Waals surface area contributed by atoms with Gasteiger partial charge in [-0.25, -0.2) is 4.79 Å². The Kier molecular flexibility index (Phi) is 5.19. The summed E-state index contributed by atoms with van der Waals surface area (Å²) in [5.74, 6) is 1.65. The van der Waals surface area contributed by atoms with Crippen molar-refractivity contribution in [2.45, 2.75) is 4.90 Å². The van der Waals surface area contributed by atoms with Crippen LogP contribution in [0, 0.1) is 11.3 Å². The maximum atomic E-state index is 12.0. The van der Waals surface area contributed by atoms with Crippen LogP contribution >= 0.6 is 11.8 Å². The number of nitriles is 1. The molecule has 0 aliphatic rings. The first-order valence-corrected chi connectivity index (χ1v) is 7.74. The molecule has 0 amide bonds. The highest BCUT2D eigenvalue weighted by atomic mass is 32.2. The van der Waals surface area contributed by atoms with Gasteiger partial charge in [0.15, 0.2) is 17.1 Å². The van der Waals surface area contributed by atoms with Crippen LogP contribution in [0.15, 0.2) is 32.3 Å². The Morgan fingerprint density at radius 2 is 1.70 bits per heavy atom. The molecule has 0 N–H and O–H groups in total. The average Bonchev–Trinajstić information content (AvgIpc) is 2.59. The van der Waals surface area contributed by atoms with Gasteiger partial charge in [-0.3, -0.25) is 0 Å². The smallest absolute Gasteiger partial charge is 0.355 e. The van der Waals surface area contributed by atoms with Crippen molar-refractivity contribution in [3.63, 3.8) is 0 Å². The zero-order chi connectivity index (χ0) is 17.0. The molecule has 0 radical (unpaired) electrons. The normalized spacial score (nSPS) is 10.0. The number of hydrogen-bond acceptors (Lipinski definition) is 7. The highest BCUT2D eigenvalue weighted by Gasteiger charge is 2.17. The lowest BCUT2D eigenvalue weighted by molar-refractivity contribution is 0.324. The summed E-state index contributed by atoms with van der Waals surface area (Å²) < 4.78 is 21.1. The summed E-state index contributed by atoms with van der Waals surface area (Å²) in [6, 6.07) is 6.86. The van der Waals surface area contributed by atoms with Gasteiger partial charge in [0.2, 0.25) is 5.75 Å². The lowest BCUT2D eigenvalue weighted by Gasteiger charge is -2.14. The first kappa shape index (κ1) is 16.8. The van der Waals surface area contributed by atoms with E-state index in [0.29, 0.717) is 33.5 Å². The van der Waals surface area contributed by atoms with Gasteiger partial charge < -0.3 is 18.6 Å². The minimum Gasteiger partial charge on any atom is -0.493 e. The number of methoxy groups -OCH3 is 3. The molecule has 0 unspecified atom stereocenters. The number of benzene rings is 1. The Labute approximate surface area is 137 Å². The fourth-order valence-electron chi connectivity index (χ4n) is 2.10. The van der Waals surface area contributed by atoms with E-state index in [0.717, 1.165) is 0 Å². The second kappa shape index (κ2) is 7.11. The Bertz CT molecular complexity index is 797. The second-order valence-electron chi connectivity index (χ2n) is 4.37. The number of hydrogen-bond donors (Lipinski definition) is 0. The molecule has 0 fully saturated rings. The van der Waals surface area contributed by atoms with Gasteiger partial charge in [-0.05, 0) is 24.5 Å². The van der Waals surface area contributed by atoms with E-state index in [9.17, 15) is 4.79 Å². The van der Waals surface area contributed by atoms with Crippen LogP contribution in [0.5, 0.6) is 17.2 Å². The number of rotatable bonds is 5. The second-order valence-corrected chi connectivity index (χ2v) is 5.22. The molecule has 1 aromatic heterocycles. The van der Waals surface area contributed by atoms with Crippen LogP contribution in [-0.4, -0.2) is 27.6 Å². The molecule has 0 aliphatic heterocycles. The molecule has 0 aliphatic carbocycles. The van der Waals surface area contributed by atoms with Gasteiger partial charge in [0.1, 0.15) is 11.8 Å². The predicted octanol–water partition coefficient (Wildman–Crippen LogP) is 2.93. The number of nitrogens with zero attached hydrogens (tertiary/aromatic N) is 1. The van der Waals surface area contributed by atoms with E-state index in [1.54, 1.807) is 24.5 Å². The Morgan fingerprint density at radius 1 is 1.09 bits per heavy atom. The molecule has 2 rings (SSSR count). The predicted molar refractivity (Wildman–Crippen MR) is 86.6 cm³/mol. The van der Waals surface area contributed by atoms with E-state index in [1.807, 2.05) is 6.07 Å². The van der Waals surface area contributed by atoms with Crippen LogP contribution in [0.4, 0.5) is 0 Å². The summed E-state index contributed by atoms with van der Waals surface area (Å²) in [7, 11) is 4.51. The molecular formula is C16H15NO5S. The van der Waals surface area contributed by atoms with E-state index in [2.05, 4.69) is 0 Å². The standard InChI is InChI=1S/C16H15NO5S/c1-19-12-5-9(6-13(20-2)15(12)21-3)11-7-14(23-4)10(8-17)16(18)22-11/h5-7H,1-4H3. The van der Waals surface area contributed by atoms with Gasteiger partial charge in [0, 0.05) is 10.5 Å². The topological polar surface area (TPSA) is 81.7 Å². The SMILES string of the molecule is COc1cc(-c2cc(SC)c(C#N)c(=O)o2)cc(OC)c1OC. The van der Waals surface area contributed by atoms with Crippen molar-refractivity contribution in [2.75, 3.05) is 27.6 Å². The van der Waals surface area contributed by atoms with Crippen molar-refractivity contribution >= 4 is 11.8 Å². The first-order valence-electron chi connectivity index (χ1n) is 6.52. The maximum absolute atomic E-state index is 12.0. The lowest BCUT2D eigenvalue weighted by Crippen LogP contribution is -2.06. The summed E-state index contributed by atoms with van der Waals surface area (Å²) >= 11 is 1.30. The zero-order valence-corrected chi connectivity index (χ0v) is 13.9. The summed E-state index contributed by atoms with van der Waals surface area (Å²) in [4.78, 5) is 12.5. The average molecular weight is 333 g/mol. The fraction of sp³-hybridized carbons (Fsp3) is 0.250. The zero-order valence-electron chi connectivity index (χ0n) is 13.1. The summed E-state index contributed by atoms with van der Waals surface area (Å²) in [5, 5.41) is 9.04. The molecule has 0 saturated heterocycles. The van der Waals surface area contributed by atoms with Crippen LogP contribution in [0.2, 0.25) is 0 Å². The fourth-order valence-corrected chi connectivity index (χ4v) is 2.66. The minimum absolute atomic E-state index is 0.00584. The third-order valence-electron chi connectivity index (χ3n) is 3.20. The van der Waals surface area contributed by atoms with E-state index >= 15 is 0 Å². The Balaban J connectivity index is 2.70. The van der Waals surface area contributed by atoms with Gasteiger partial charge in [0.05, 0.1) is 21.3 Å². The minimum atomic E-state index is -0.678. The highest BCUT2D eigenvalue weighted by Crippen LogP contribution is 2.41. The summed E-state index contributed by atoms with van der Waals surface area (Å²) in [6.45, 7) is 0. The van der Waals surface area contributed by atoms with E-state index in [1.165, 1.54) is 33.1 Å². The largest absolute Gasteiger partial charge is 0.493 e. The molecule has 23 heavy (non-hydrogen) atoms. The molecule has 2 aromatic rings. The number of thioether (sulfide) groups is 1. The highest BCUT2D eigenvalue weighted by molar-refractivity contribution is 7.98. The molecule has 0 saturated carbocycles. The number of ether oxygens (including phenoxy) is 3. The Morgan fingerprint density at radius 3 is 2.13 bits per heavy atom. The van der Waals surface area contributed by atoms with Crippen molar-refractivity contribution < 1.29 is 18.6 Å². The summed E-state index contributed by atoms with van der Waals surface area (Å²) in [6.07, 6.45) is 1.79. The van der Waals surface area contributed by atoms with Gasteiger partial charge in [0.25, 0.3) is 0 Å². The molecule has 0 bridgehead atoms. The van der Waals surface area contributed by atoms with Gasteiger partial charge in [-0.2, -0.15) is 5.26 Å². The van der Waals surface area contributed by atoms with Gasteiger partial charge in [-0.1, -0.05) is 0 Å². The molecule has 1 aromatic carbocycles. The van der Waals surface area contributed by atoms with Crippen molar-refractivity contribution in [2.24, 2.45) is 0 Å². The van der Waals surface area contributed by atoms with Crippen LogP contribution < -0.4 is 19.8 Å². The molecule has 7 heteroatoms. The van der Waals surface area contributed by atoms with Crippen LogP contribution in [0.1, 0.15) is 5.56 Å².